The Hall–Kier alpha value is -0.530. The zero-order valence-electron chi connectivity index (χ0n) is 9.76. The van der Waals surface area contributed by atoms with Crippen molar-refractivity contribution >= 4 is 11.6 Å². The lowest BCUT2D eigenvalue weighted by Gasteiger charge is -2.27. The molecule has 1 nitrogen and oxygen atoms in total. The van der Waals surface area contributed by atoms with Crippen LogP contribution in [0.5, 0.6) is 0 Å². The molecular weight excluding hydrogens is 206 g/mol. The fourth-order valence-corrected chi connectivity index (χ4v) is 1.68. The van der Waals surface area contributed by atoms with E-state index in [9.17, 15) is 0 Å². The first-order chi connectivity index (χ1) is 6.91. The maximum Gasteiger partial charge on any atom is 0.0437 e. The Balaban J connectivity index is 2.55. The average molecular weight is 226 g/mol. The summed E-state index contributed by atoms with van der Waals surface area (Å²) in [5, 5.41) is 0.846. The molecule has 0 aliphatic carbocycles. The van der Waals surface area contributed by atoms with Crippen LogP contribution in [-0.4, -0.2) is 6.04 Å². The van der Waals surface area contributed by atoms with E-state index in [0.29, 0.717) is 0 Å². The van der Waals surface area contributed by atoms with Crippen molar-refractivity contribution < 1.29 is 0 Å². The maximum atomic E-state index is 6.11. The quantitative estimate of drug-likeness (QED) is 0.835. The number of nitrogens with two attached hydrogens (primary N) is 1. The van der Waals surface area contributed by atoms with Crippen molar-refractivity contribution in [2.45, 2.75) is 39.7 Å². The van der Waals surface area contributed by atoms with Crippen molar-refractivity contribution in [3.05, 3.63) is 34.9 Å². The summed E-state index contributed by atoms with van der Waals surface area (Å²) in [6, 6.07) is 8.19. The van der Waals surface area contributed by atoms with E-state index in [0.717, 1.165) is 17.9 Å². The van der Waals surface area contributed by atoms with E-state index in [-0.39, 0.29) is 11.5 Å². The zero-order chi connectivity index (χ0) is 11.5. The first-order valence-corrected chi connectivity index (χ1v) is 5.78. The van der Waals surface area contributed by atoms with Gasteiger partial charge in [-0.1, -0.05) is 50.6 Å². The lowest BCUT2D eigenvalue weighted by Crippen LogP contribution is -2.35. The first kappa shape index (κ1) is 12.5. The van der Waals surface area contributed by atoms with Crippen molar-refractivity contribution in [2.24, 2.45) is 11.1 Å². The summed E-state index contributed by atoms with van der Waals surface area (Å²) in [6.07, 6.45) is 1.94. The van der Waals surface area contributed by atoms with Crippen molar-refractivity contribution in [2.75, 3.05) is 0 Å². The summed E-state index contributed by atoms with van der Waals surface area (Å²) in [5.74, 6) is 0. The lowest BCUT2D eigenvalue weighted by atomic mass is 9.84. The molecule has 0 saturated heterocycles. The smallest absolute Gasteiger partial charge is 0.0437 e. The molecule has 0 fully saturated rings. The highest BCUT2D eigenvalue weighted by atomic mass is 35.5. The second kappa shape index (κ2) is 5.00. The predicted molar refractivity (Wildman–Crippen MR) is 67.2 cm³/mol. The van der Waals surface area contributed by atoms with E-state index in [1.54, 1.807) is 0 Å². The Labute approximate surface area is 97.6 Å². The van der Waals surface area contributed by atoms with E-state index < -0.39 is 0 Å². The van der Waals surface area contributed by atoms with Gasteiger partial charge >= 0.3 is 0 Å². The number of hydrogen-bond acceptors (Lipinski definition) is 1. The minimum absolute atomic E-state index is 0.168. The summed E-state index contributed by atoms with van der Waals surface area (Å²) < 4.78 is 0. The third-order valence-electron chi connectivity index (χ3n) is 2.79. The minimum Gasteiger partial charge on any atom is -0.327 e. The van der Waals surface area contributed by atoms with Crippen LogP contribution in [0.3, 0.4) is 0 Å². The number of benzene rings is 1. The van der Waals surface area contributed by atoms with Crippen molar-refractivity contribution in [1.29, 1.82) is 0 Å². The molecule has 0 heterocycles. The fourth-order valence-electron chi connectivity index (χ4n) is 1.45. The molecular formula is C13H20ClN. The Morgan fingerprint density at radius 2 is 1.87 bits per heavy atom. The van der Waals surface area contributed by atoms with Gasteiger partial charge in [0.2, 0.25) is 0 Å². The molecule has 15 heavy (non-hydrogen) atoms. The van der Waals surface area contributed by atoms with Crippen LogP contribution in [0.1, 0.15) is 32.8 Å². The molecule has 0 radical (unpaired) electrons. The van der Waals surface area contributed by atoms with Crippen molar-refractivity contribution in [3.63, 3.8) is 0 Å². The number of hydrogen-bond donors (Lipinski definition) is 1. The van der Waals surface area contributed by atoms with Gasteiger partial charge in [0.25, 0.3) is 0 Å². The van der Waals surface area contributed by atoms with Gasteiger partial charge in [-0.25, -0.2) is 0 Å². The van der Waals surface area contributed by atoms with Gasteiger partial charge in [0.05, 0.1) is 0 Å². The van der Waals surface area contributed by atoms with Crippen LogP contribution in [0, 0.1) is 5.41 Å². The van der Waals surface area contributed by atoms with E-state index in [1.807, 2.05) is 18.2 Å². The van der Waals surface area contributed by atoms with Crippen LogP contribution in [0.25, 0.3) is 0 Å². The number of aryl methyl sites for hydroxylation is 1. The molecule has 0 spiro atoms. The fraction of sp³-hybridized carbons (Fsp3) is 0.538. The van der Waals surface area contributed by atoms with Crippen molar-refractivity contribution in [1.82, 2.24) is 0 Å². The van der Waals surface area contributed by atoms with Crippen LogP contribution in [-0.2, 0) is 6.42 Å². The number of halogens is 1. The SMILES string of the molecule is CC(C)(C)C(N)CCc1ccccc1Cl. The standard InChI is InChI=1S/C13H20ClN/c1-13(2,3)12(15)9-8-10-6-4-5-7-11(10)14/h4-7,12H,8-9,15H2,1-3H3. The Morgan fingerprint density at radius 3 is 2.40 bits per heavy atom. The molecule has 0 aliphatic rings. The van der Waals surface area contributed by atoms with Gasteiger partial charge in [0.1, 0.15) is 0 Å². The van der Waals surface area contributed by atoms with E-state index in [1.165, 1.54) is 5.56 Å². The molecule has 0 bridgehead atoms. The van der Waals surface area contributed by atoms with E-state index in [2.05, 4.69) is 26.8 Å². The predicted octanol–water partition coefficient (Wildman–Crippen LogP) is 3.65. The van der Waals surface area contributed by atoms with Crippen molar-refractivity contribution in [3.8, 4) is 0 Å². The average Bonchev–Trinajstić information content (AvgIpc) is 2.14. The molecule has 1 aromatic carbocycles. The second-order valence-electron chi connectivity index (χ2n) is 5.10. The maximum absolute atomic E-state index is 6.11. The second-order valence-corrected chi connectivity index (χ2v) is 5.51. The lowest BCUT2D eigenvalue weighted by molar-refractivity contribution is 0.306. The van der Waals surface area contributed by atoms with Crippen LogP contribution >= 0.6 is 11.6 Å². The van der Waals surface area contributed by atoms with E-state index >= 15 is 0 Å². The first-order valence-electron chi connectivity index (χ1n) is 5.40. The van der Waals surface area contributed by atoms with Gasteiger partial charge in [-0.2, -0.15) is 0 Å². The topological polar surface area (TPSA) is 26.0 Å². The largest absolute Gasteiger partial charge is 0.327 e. The van der Waals surface area contributed by atoms with Crippen LogP contribution in [0.4, 0.5) is 0 Å². The highest BCUT2D eigenvalue weighted by Crippen LogP contribution is 2.23. The third-order valence-corrected chi connectivity index (χ3v) is 3.16. The Morgan fingerprint density at radius 1 is 1.27 bits per heavy atom. The van der Waals surface area contributed by atoms with Gasteiger partial charge in [0, 0.05) is 11.1 Å². The normalized spacial score (nSPS) is 13.9. The van der Waals surface area contributed by atoms with Gasteiger partial charge < -0.3 is 5.73 Å². The molecule has 1 aromatic rings. The van der Waals surface area contributed by atoms with Gasteiger partial charge in [-0.05, 0) is 29.9 Å². The monoisotopic (exact) mass is 225 g/mol. The molecule has 2 heteroatoms. The Bertz CT molecular complexity index is 315. The molecule has 2 N–H and O–H groups in total. The molecule has 1 rings (SSSR count). The van der Waals surface area contributed by atoms with E-state index in [4.69, 9.17) is 17.3 Å². The summed E-state index contributed by atoms with van der Waals surface area (Å²) in [6.45, 7) is 6.51. The summed E-state index contributed by atoms with van der Waals surface area (Å²) in [5.41, 5.74) is 7.47. The summed E-state index contributed by atoms with van der Waals surface area (Å²) in [7, 11) is 0. The van der Waals surface area contributed by atoms with Gasteiger partial charge in [-0.3, -0.25) is 0 Å². The van der Waals surface area contributed by atoms with Gasteiger partial charge in [-0.15, -0.1) is 0 Å². The molecule has 0 aliphatic heterocycles. The van der Waals surface area contributed by atoms with Gasteiger partial charge in [0.15, 0.2) is 0 Å². The van der Waals surface area contributed by atoms with Crippen LogP contribution < -0.4 is 5.73 Å². The molecule has 0 saturated carbocycles. The minimum atomic E-state index is 0.168. The highest BCUT2D eigenvalue weighted by molar-refractivity contribution is 6.31. The molecule has 0 aromatic heterocycles. The molecule has 1 unspecified atom stereocenters. The third kappa shape index (κ3) is 3.84. The zero-order valence-corrected chi connectivity index (χ0v) is 10.5. The summed E-state index contributed by atoms with van der Waals surface area (Å²) >= 11 is 6.08. The molecule has 0 amide bonds. The summed E-state index contributed by atoms with van der Waals surface area (Å²) in [4.78, 5) is 0. The van der Waals surface area contributed by atoms with Crippen LogP contribution in [0.15, 0.2) is 24.3 Å². The molecule has 84 valence electrons. The van der Waals surface area contributed by atoms with Crippen LogP contribution in [0.2, 0.25) is 5.02 Å². The highest BCUT2D eigenvalue weighted by Gasteiger charge is 2.20. The number of rotatable bonds is 3. The molecule has 1 atom stereocenters. The Kier molecular flexibility index (Phi) is 4.18.